The van der Waals surface area contributed by atoms with E-state index in [4.69, 9.17) is 4.42 Å². The molecule has 1 heterocycles. The van der Waals surface area contributed by atoms with Gasteiger partial charge in [-0.05, 0) is 25.0 Å². The number of nitrogens with zero attached hydrogens (tertiary/aromatic N) is 1. The van der Waals surface area contributed by atoms with Crippen LogP contribution in [0.3, 0.4) is 0 Å². The SMILES string of the molecule is CCCCC(CCC)NCc1ccc(S(=O)(=O)N(C)C)o1. The minimum Gasteiger partial charge on any atom is -0.447 e. The van der Waals surface area contributed by atoms with E-state index in [2.05, 4.69) is 19.2 Å². The Hall–Kier alpha value is -0.850. The number of nitrogens with one attached hydrogen (secondary N) is 1. The Morgan fingerprint density at radius 3 is 2.48 bits per heavy atom. The highest BCUT2D eigenvalue weighted by Gasteiger charge is 2.21. The van der Waals surface area contributed by atoms with E-state index in [1.54, 1.807) is 6.07 Å². The van der Waals surface area contributed by atoms with E-state index in [-0.39, 0.29) is 5.09 Å². The molecule has 0 aliphatic carbocycles. The van der Waals surface area contributed by atoms with Gasteiger partial charge >= 0.3 is 0 Å². The number of unbranched alkanes of at least 4 members (excludes halogenated alkanes) is 1. The molecule has 0 radical (unpaired) electrons. The minimum atomic E-state index is -3.48. The summed E-state index contributed by atoms with van der Waals surface area (Å²) < 4.78 is 30.5. The molecule has 0 aliphatic heterocycles. The number of hydrogen-bond acceptors (Lipinski definition) is 4. The molecule has 1 rings (SSSR count). The highest BCUT2D eigenvalue weighted by atomic mass is 32.2. The van der Waals surface area contributed by atoms with E-state index in [1.165, 1.54) is 33.0 Å². The first-order chi connectivity index (χ1) is 9.91. The summed E-state index contributed by atoms with van der Waals surface area (Å²) in [5.41, 5.74) is 0. The monoisotopic (exact) mass is 316 g/mol. The predicted octanol–water partition coefficient (Wildman–Crippen LogP) is 2.98. The predicted molar refractivity (Wildman–Crippen MR) is 84.6 cm³/mol. The Kier molecular flexibility index (Phi) is 7.42. The van der Waals surface area contributed by atoms with Crippen molar-refractivity contribution in [1.29, 1.82) is 0 Å². The van der Waals surface area contributed by atoms with Crippen molar-refractivity contribution in [2.24, 2.45) is 0 Å². The fourth-order valence-electron chi connectivity index (χ4n) is 2.16. The van der Waals surface area contributed by atoms with Gasteiger partial charge in [-0.1, -0.05) is 33.1 Å². The van der Waals surface area contributed by atoms with Crippen LogP contribution in [0.5, 0.6) is 0 Å². The molecule has 0 saturated carbocycles. The largest absolute Gasteiger partial charge is 0.447 e. The zero-order valence-electron chi connectivity index (χ0n) is 13.6. The van der Waals surface area contributed by atoms with Gasteiger partial charge in [-0.25, -0.2) is 12.7 Å². The average Bonchev–Trinajstić information content (AvgIpc) is 2.91. The highest BCUT2D eigenvalue weighted by molar-refractivity contribution is 7.88. The van der Waals surface area contributed by atoms with Gasteiger partial charge in [0.25, 0.3) is 10.0 Å². The quantitative estimate of drug-likeness (QED) is 0.721. The Balaban J connectivity index is 2.61. The van der Waals surface area contributed by atoms with Crippen molar-refractivity contribution in [3.8, 4) is 0 Å². The van der Waals surface area contributed by atoms with E-state index in [9.17, 15) is 8.42 Å². The van der Waals surface area contributed by atoms with Crippen molar-refractivity contribution in [3.63, 3.8) is 0 Å². The van der Waals surface area contributed by atoms with Crippen molar-refractivity contribution in [3.05, 3.63) is 17.9 Å². The van der Waals surface area contributed by atoms with E-state index in [0.717, 1.165) is 23.6 Å². The molecule has 0 amide bonds. The summed E-state index contributed by atoms with van der Waals surface area (Å²) in [5, 5.41) is 3.47. The molecule has 0 aliphatic rings. The second-order valence-electron chi connectivity index (χ2n) is 5.52. The van der Waals surface area contributed by atoms with Crippen LogP contribution in [0.2, 0.25) is 0 Å². The van der Waals surface area contributed by atoms with Crippen molar-refractivity contribution < 1.29 is 12.8 Å². The molecular formula is C15H28N2O3S. The third-order valence-corrected chi connectivity index (χ3v) is 5.17. The Morgan fingerprint density at radius 2 is 1.90 bits per heavy atom. The fourth-order valence-corrected chi connectivity index (χ4v) is 2.98. The van der Waals surface area contributed by atoms with E-state index >= 15 is 0 Å². The molecule has 122 valence electrons. The van der Waals surface area contributed by atoms with Crippen molar-refractivity contribution in [1.82, 2.24) is 9.62 Å². The van der Waals surface area contributed by atoms with Crippen LogP contribution in [0.25, 0.3) is 0 Å². The van der Waals surface area contributed by atoms with Gasteiger partial charge in [0.2, 0.25) is 5.09 Å². The van der Waals surface area contributed by atoms with Crippen LogP contribution in [0.1, 0.15) is 51.7 Å². The van der Waals surface area contributed by atoms with Crippen LogP contribution in [-0.4, -0.2) is 32.9 Å². The lowest BCUT2D eigenvalue weighted by atomic mass is 10.1. The van der Waals surface area contributed by atoms with Crippen LogP contribution in [0.4, 0.5) is 0 Å². The van der Waals surface area contributed by atoms with Crippen molar-refractivity contribution in [2.75, 3.05) is 14.1 Å². The summed E-state index contributed by atoms with van der Waals surface area (Å²) in [4.78, 5) is 0. The maximum absolute atomic E-state index is 11.9. The lowest BCUT2D eigenvalue weighted by molar-refractivity contribution is 0.364. The third kappa shape index (κ3) is 5.45. The first-order valence-electron chi connectivity index (χ1n) is 7.66. The van der Waals surface area contributed by atoms with E-state index in [1.807, 2.05) is 0 Å². The normalized spacial score (nSPS) is 13.8. The molecule has 1 aromatic rings. The summed E-state index contributed by atoms with van der Waals surface area (Å²) in [5.74, 6) is 0.660. The molecule has 1 aromatic heterocycles. The minimum absolute atomic E-state index is 0.00454. The molecule has 1 N–H and O–H groups in total. The van der Waals surface area contributed by atoms with Crippen molar-refractivity contribution >= 4 is 10.0 Å². The van der Waals surface area contributed by atoms with Gasteiger partial charge in [0, 0.05) is 20.1 Å². The maximum Gasteiger partial charge on any atom is 0.275 e. The summed E-state index contributed by atoms with van der Waals surface area (Å²) in [7, 11) is -0.484. The first-order valence-corrected chi connectivity index (χ1v) is 9.10. The number of rotatable bonds is 10. The maximum atomic E-state index is 11.9. The number of furan rings is 1. The third-order valence-electron chi connectivity index (χ3n) is 3.48. The van der Waals surface area contributed by atoms with E-state index < -0.39 is 10.0 Å². The summed E-state index contributed by atoms with van der Waals surface area (Å²) in [6, 6.07) is 3.72. The molecule has 1 atom stereocenters. The van der Waals surface area contributed by atoms with Gasteiger partial charge < -0.3 is 9.73 Å². The fraction of sp³-hybridized carbons (Fsp3) is 0.733. The van der Waals surface area contributed by atoms with Crippen LogP contribution in [0, 0.1) is 0 Å². The molecule has 21 heavy (non-hydrogen) atoms. The molecule has 6 heteroatoms. The van der Waals surface area contributed by atoms with Crippen LogP contribution >= 0.6 is 0 Å². The standard InChI is InChI=1S/C15H28N2O3S/c1-5-7-9-13(8-6-2)16-12-14-10-11-15(20-14)21(18,19)17(3)4/h10-11,13,16H,5-9,12H2,1-4H3. The molecule has 5 nitrogen and oxygen atoms in total. The Morgan fingerprint density at radius 1 is 1.19 bits per heavy atom. The molecule has 0 saturated heterocycles. The zero-order valence-corrected chi connectivity index (χ0v) is 14.4. The smallest absolute Gasteiger partial charge is 0.275 e. The Bertz CT molecular complexity index is 509. The molecule has 0 spiro atoms. The average molecular weight is 316 g/mol. The lowest BCUT2D eigenvalue weighted by Gasteiger charge is -2.17. The molecule has 1 unspecified atom stereocenters. The molecule has 0 bridgehead atoms. The van der Waals surface area contributed by atoms with Gasteiger partial charge in [0.1, 0.15) is 5.76 Å². The van der Waals surface area contributed by atoms with Gasteiger partial charge in [0.05, 0.1) is 6.54 Å². The first kappa shape index (κ1) is 18.2. The molecule has 0 aromatic carbocycles. The Labute approximate surface area is 128 Å². The highest BCUT2D eigenvalue weighted by Crippen LogP contribution is 2.17. The lowest BCUT2D eigenvalue weighted by Crippen LogP contribution is -2.28. The summed E-state index contributed by atoms with van der Waals surface area (Å²) >= 11 is 0. The summed E-state index contributed by atoms with van der Waals surface area (Å²) in [6.45, 7) is 4.93. The van der Waals surface area contributed by atoms with Gasteiger partial charge in [-0.15, -0.1) is 0 Å². The zero-order chi connectivity index (χ0) is 15.9. The van der Waals surface area contributed by atoms with Crippen molar-refractivity contribution in [2.45, 2.75) is 63.6 Å². The molecular weight excluding hydrogens is 288 g/mol. The summed E-state index contributed by atoms with van der Waals surface area (Å²) in [6.07, 6.45) is 5.81. The second kappa shape index (κ2) is 8.56. The van der Waals surface area contributed by atoms with Crippen LogP contribution in [-0.2, 0) is 16.6 Å². The van der Waals surface area contributed by atoms with Crippen LogP contribution in [0.15, 0.2) is 21.6 Å². The molecule has 0 fully saturated rings. The van der Waals surface area contributed by atoms with Gasteiger partial charge in [0.15, 0.2) is 0 Å². The topological polar surface area (TPSA) is 62.6 Å². The van der Waals surface area contributed by atoms with Gasteiger partial charge in [-0.3, -0.25) is 0 Å². The van der Waals surface area contributed by atoms with E-state index in [0.29, 0.717) is 18.3 Å². The number of hydrogen-bond donors (Lipinski definition) is 1. The number of sulfonamides is 1. The van der Waals surface area contributed by atoms with Gasteiger partial charge in [-0.2, -0.15) is 0 Å². The second-order valence-corrected chi connectivity index (χ2v) is 7.60. The van der Waals surface area contributed by atoms with Crippen LogP contribution < -0.4 is 5.32 Å².